The van der Waals surface area contributed by atoms with E-state index in [4.69, 9.17) is 23.2 Å². The molecule has 0 aliphatic carbocycles. The predicted octanol–water partition coefficient (Wildman–Crippen LogP) is 6.01. The van der Waals surface area contributed by atoms with Crippen molar-refractivity contribution in [2.75, 3.05) is 19.4 Å². The van der Waals surface area contributed by atoms with Gasteiger partial charge in [0.05, 0.1) is 16.4 Å². The first kappa shape index (κ1) is 20.1. The Hall–Kier alpha value is -0.940. The number of benzene rings is 2. The summed E-state index contributed by atoms with van der Waals surface area (Å²) in [7, 11) is 3.78. The molecule has 0 spiro atoms. The standard InChI is InChI=1S/C16H16BrCl2N3.ClH/c1-22(2)10-21-16-14(18)7-12(8-15(16)19)20-9-11-5-3-4-6-13(11)17;/h3-8,10,20H,9H2,1-2H3;1H. The van der Waals surface area contributed by atoms with Gasteiger partial charge in [0.2, 0.25) is 0 Å². The Balaban J connectivity index is 0.00000264. The highest BCUT2D eigenvalue weighted by atomic mass is 79.9. The van der Waals surface area contributed by atoms with E-state index in [1.165, 1.54) is 0 Å². The van der Waals surface area contributed by atoms with Crippen LogP contribution in [0, 0.1) is 0 Å². The van der Waals surface area contributed by atoms with Crippen LogP contribution in [-0.4, -0.2) is 25.3 Å². The molecule has 0 aromatic heterocycles. The zero-order valence-electron chi connectivity index (χ0n) is 12.7. The Morgan fingerprint density at radius 3 is 2.35 bits per heavy atom. The number of nitrogens with one attached hydrogen (secondary N) is 1. The van der Waals surface area contributed by atoms with E-state index >= 15 is 0 Å². The minimum absolute atomic E-state index is 0. The van der Waals surface area contributed by atoms with Gasteiger partial charge in [0.25, 0.3) is 0 Å². The summed E-state index contributed by atoms with van der Waals surface area (Å²) >= 11 is 16.1. The molecule has 0 aliphatic heterocycles. The lowest BCUT2D eigenvalue weighted by molar-refractivity contribution is 0.643. The van der Waals surface area contributed by atoms with Crippen LogP contribution in [-0.2, 0) is 6.54 Å². The van der Waals surface area contributed by atoms with Crippen molar-refractivity contribution < 1.29 is 0 Å². The Bertz CT molecular complexity index is 667. The lowest BCUT2D eigenvalue weighted by atomic mass is 10.2. The van der Waals surface area contributed by atoms with Crippen LogP contribution in [0.5, 0.6) is 0 Å². The highest BCUT2D eigenvalue weighted by molar-refractivity contribution is 9.10. The van der Waals surface area contributed by atoms with Gasteiger partial charge in [-0.2, -0.15) is 0 Å². The average molecular weight is 438 g/mol. The molecule has 2 rings (SSSR count). The molecule has 0 aliphatic rings. The number of aliphatic imine (C=N–C) groups is 1. The third-order valence-electron chi connectivity index (χ3n) is 2.88. The summed E-state index contributed by atoms with van der Waals surface area (Å²) in [5, 5.41) is 4.34. The molecule has 0 heterocycles. The van der Waals surface area contributed by atoms with Gasteiger partial charge in [0.15, 0.2) is 0 Å². The second kappa shape index (κ2) is 9.38. The van der Waals surface area contributed by atoms with Crippen molar-refractivity contribution in [1.82, 2.24) is 4.90 Å². The fourth-order valence-electron chi connectivity index (χ4n) is 1.80. The molecule has 23 heavy (non-hydrogen) atoms. The first-order valence-electron chi connectivity index (χ1n) is 6.64. The average Bonchev–Trinajstić information content (AvgIpc) is 2.45. The monoisotopic (exact) mass is 435 g/mol. The van der Waals surface area contributed by atoms with E-state index in [1.807, 2.05) is 49.3 Å². The highest BCUT2D eigenvalue weighted by Gasteiger charge is 2.08. The van der Waals surface area contributed by atoms with Gasteiger partial charge < -0.3 is 10.2 Å². The molecule has 7 heteroatoms. The quantitative estimate of drug-likeness (QED) is 0.458. The molecule has 2 aromatic rings. The normalized spacial score (nSPS) is 10.5. The number of hydrogen-bond donors (Lipinski definition) is 1. The summed E-state index contributed by atoms with van der Waals surface area (Å²) in [6.07, 6.45) is 1.67. The summed E-state index contributed by atoms with van der Waals surface area (Å²) in [4.78, 5) is 6.11. The summed E-state index contributed by atoms with van der Waals surface area (Å²) in [6.45, 7) is 0.675. The third kappa shape index (κ3) is 5.88. The number of nitrogens with zero attached hydrogens (tertiary/aromatic N) is 2. The maximum atomic E-state index is 6.27. The van der Waals surface area contributed by atoms with Gasteiger partial charge in [-0.25, -0.2) is 4.99 Å². The van der Waals surface area contributed by atoms with E-state index in [9.17, 15) is 0 Å². The molecule has 0 unspecified atom stereocenters. The van der Waals surface area contributed by atoms with Gasteiger partial charge in [-0.05, 0) is 23.8 Å². The number of rotatable bonds is 5. The SMILES string of the molecule is CN(C)C=Nc1c(Cl)cc(NCc2ccccc2Br)cc1Cl.Cl. The highest BCUT2D eigenvalue weighted by Crippen LogP contribution is 2.36. The number of halogens is 4. The molecule has 2 aromatic carbocycles. The fraction of sp³-hybridized carbons (Fsp3) is 0.188. The van der Waals surface area contributed by atoms with Crippen molar-refractivity contribution in [2.45, 2.75) is 6.54 Å². The largest absolute Gasteiger partial charge is 0.381 e. The molecular formula is C16H17BrCl3N3. The third-order valence-corrected chi connectivity index (χ3v) is 4.23. The van der Waals surface area contributed by atoms with Crippen molar-refractivity contribution >= 4 is 69.3 Å². The lowest BCUT2D eigenvalue weighted by Crippen LogP contribution is -2.07. The van der Waals surface area contributed by atoms with E-state index < -0.39 is 0 Å². The van der Waals surface area contributed by atoms with Crippen molar-refractivity contribution in [3.8, 4) is 0 Å². The maximum Gasteiger partial charge on any atom is 0.102 e. The molecule has 0 bridgehead atoms. The summed E-state index contributed by atoms with van der Waals surface area (Å²) in [5.74, 6) is 0. The van der Waals surface area contributed by atoms with Crippen LogP contribution in [0.4, 0.5) is 11.4 Å². The Morgan fingerprint density at radius 2 is 1.78 bits per heavy atom. The predicted molar refractivity (Wildman–Crippen MR) is 107 cm³/mol. The Labute approximate surface area is 161 Å². The van der Waals surface area contributed by atoms with Crippen LogP contribution in [0.25, 0.3) is 0 Å². The molecule has 3 nitrogen and oxygen atoms in total. The first-order chi connectivity index (χ1) is 10.5. The zero-order valence-corrected chi connectivity index (χ0v) is 16.6. The van der Waals surface area contributed by atoms with Gasteiger partial charge >= 0.3 is 0 Å². The maximum absolute atomic E-state index is 6.27. The molecule has 1 N–H and O–H groups in total. The zero-order chi connectivity index (χ0) is 16.1. The number of hydrogen-bond acceptors (Lipinski definition) is 2. The molecule has 0 atom stereocenters. The molecule has 0 saturated heterocycles. The van der Waals surface area contributed by atoms with E-state index in [1.54, 1.807) is 6.34 Å². The molecular weight excluding hydrogens is 420 g/mol. The van der Waals surface area contributed by atoms with E-state index in [-0.39, 0.29) is 12.4 Å². The van der Waals surface area contributed by atoms with Crippen LogP contribution in [0.2, 0.25) is 10.0 Å². The van der Waals surface area contributed by atoms with Crippen molar-refractivity contribution in [3.63, 3.8) is 0 Å². The van der Waals surface area contributed by atoms with Gasteiger partial charge in [0, 0.05) is 30.8 Å². The topological polar surface area (TPSA) is 27.6 Å². The molecule has 0 fully saturated rings. The van der Waals surface area contributed by atoms with Gasteiger partial charge in [-0.3, -0.25) is 0 Å². The Kier molecular flexibility index (Phi) is 8.20. The smallest absolute Gasteiger partial charge is 0.102 e. The second-order valence-electron chi connectivity index (χ2n) is 4.94. The Morgan fingerprint density at radius 1 is 1.17 bits per heavy atom. The molecule has 124 valence electrons. The fourth-order valence-corrected chi connectivity index (χ4v) is 2.81. The van der Waals surface area contributed by atoms with Crippen LogP contribution >= 0.6 is 51.5 Å². The van der Waals surface area contributed by atoms with Crippen LogP contribution in [0.3, 0.4) is 0 Å². The van der Waals surface area contributed by atoms with Gasteiger partial charge in [-0.15, -0.1) is 12.4 Å². The molecule has 0 radical (unpaired) electrons. The number of anilines is 1. The van der Waals surface area contributed by atoms with Crippen LogP contribution in [0.15, 0.2) is 45.9 Å². The first-order valence-corrected chi connectivity index (χ1v) is 8.19. The lowest BCUT2D eigenvalue weighted by Gasteiger charge is -2.11. The van der Waals surface area contributed by atoms with Crippen molar-refractivity contribution in [3.05, 3.63) is 56.5 Å². The molecule has 0 amide bonds. The van der Waals surface area contributed by atoms with E-state index in [0.717, 1.165) is 15.7 Å². The summed E-state index contributed by atoms with van der Waals surface area (Å²) in [6, 6.07) is 11.7. The minimum atomic E-state index is 0. The van der Waals surface area contributed by atoms with Gasteiger partial charge in [-0.1, -0.05) is 57.3 Å². The van der Waals surface area contributed by atoms with Crippen molar-refractivity contribution in [2.24, 2.45) is 4.99 Å². The van der Waals surface area contributed by atoms with E-state index in [0.29, 0.717) is 22.3 Å². The second-order valence-corrected chi connectivity index (χ2v) is 6.61. The summed E-state index contributed by atoms with van der Waals surface area (Å²) in [5.41, 5.74) is 2.59. The molecule has 0 saturated carbocycles. The summed E-state index contributed by atoms with van der Waals surface area (Å²) < 4.78 is 1.06. The van der Waals surface area contributed by atoms with Crippen LogP contribution < -0.4 is 5.32 Å². The van der Waals surface area contributed by atoms with Crippen LogP contribution in [0.1, 0.15) is 5.56 Å². The minimum Gasteiger partial charge on any atom is -0.381 e. The van der Waals surface area contributed by atoms with Crippen molar-refractivity contribution in [1.29, 1.82) is 0 Å². The van der Waals surface area contributed by atoms with Gasteiger partial charge in [0.1, 0.15) is 5.69 Å². The van der Waals surface area contributed by atoms with E-state index in [2.05, 4.69) is 32.3 Å².